The normalized spacial score (nSPS) is 9.76. The third kappa shape index (κ3) is 3.07. The van der Waals surface area contributed by atoms with Crippen LogP contribution >= 0.6 is 0 Å². The van der Waals surface area contributed by atoms with Gasteiger partial charge in [-0.1, -0.05) is 0 Å². The van der Waals surface area contributed by atoms with Crippen LogP contribution < -0.4 is 4.90 Å². The lowest BCUT2D eigenvalue weighted by Crippen LogP contribution is -2.27. The number of carbonyl (C=O) groups is 2. The molecule has 17 heavy (non-hydrogen) atoms. The van der Waals surface area contributed by atoms with Crippen molar-refractivity contribution in [1.82, 2.24) is 0 Å². The summed E-state index contributed by atoms with van der Waals surface area (Å²) >= 11 is 0. The van der Waals surface area contributed by atoms with Crippen LogP contribution in [0.5, 0.6) is 0 Å². The fourth-order valence-corrected chi connectivity index (χ4v) is 1.25. The zero-order chi connectivity index (χ0) is 13.0. The molecular formula is C10H9FN2O4. The molecule has 0 aromatic heterocycles. The number of nitrogens with zero attached hydrogens (tertiary/aromatic N) is 2. The average Bonchev–Trinajstić information content (AvgIpc) is 2.26. The number of halogens is 1. The van der Waals surface area contributed by atoms with Gasteiger partial charge in [-0.25, -0.2) is 4.39 Å². The third-order valence-corrected chi connectivity index (χ3v) is 1.97. The van der Waals surface area contributed by atoms with Crippen LogP contribution in [0.1, 0.15) is 6.92 Å². The fraction of sp³-hybridized carbons (Fsp3) is 0.200. The molecule has 6 nitrogen and oxygen atoms in total. The maximum Gasteiger partial charge on any atom is 0.271 e. The number of benzene rings is 1. The highest BCUT2D eigenvalue weighted by Crippen LogP contribution is 2.24. The van der Waals surface area contributed by atoms with E-state index < -0.39 is 10.7 Å². The maximum absolute atomic E-state index is 13.4. The Bertz CT molecular complexity index is 475. The lowest BCUT2D eigenvalue weighted by molar-refractivity contribution is -0.384. The number of nitro groups is 1. The van der Waals surface area contributed by atoms with Gasteiger partial charge < -0.3 is 4.90 Å². The first kappa shape index (κ1) is 12.8. The monoisotopic (exact) mass is 240 g/mol. The second-order valence-electron chi connectivity index (χ2n) is 3.33. The Morgan fingerprint density at radius 2 is 2.24 bits per heavy atom. The van der Waals surface area contributed by atoms with E-state index in [4.69, 9.17) is 0 Å². The van der Waals surface area contributed by atoms with Gasteiger partial charge in [-0.15, -0.1) is 0 Å². The molecule has 0 unspecified atom stereocenters. The Hall–Kier alpha value is -2.31. The summed E-state index contributed by atoms with van der Waals surface area (Å²) in [7, 11) is 0. The van der Waals surface area contributed by atoms with Gasteiger partial charge in [-0.3, -0.25) is 19.7 Å². The van der Waals surface area contributed by atoms with Crippen molar-refractivity contribution < 1.29 is 18.9 Å². The van der Waals surface area contributed by atoms with E-state index in [0.29, 0.717) is 0 Å². The lowest BCUT2D eigenvalue weighted by atomic mass is 10.2. The van der Waals surface area contributed by atoms with Crippen LogP contribution in [0.2, 0.25) is 0 Å². The predicted molar refractivity (Wildman–Crippen MR) is 57.1 cm³/mol. The van der Waals surface area contributed by atoms with Gasteiger partial charge in [-0.2, -0.15) is 0 Å². The Morgan fingerprint density at radius 1 is 1.59 bits per heavy atom. The summed E-state index contributed by atoms with van der Waals surface area (Å²) < 4.78 is 13.4. The molecule has 1 aromatic carbocycles. The number of anilines is 1. The van der Waals surface area contributed by atoms with E-state index in [1.807, 2.05) is 0 Å². The largest absolute Gasteiger partial charge is 0.305 e. The van der Waals surface area contributed by atoms with Gasteiger partial charge in [-0.05, 0) is 13.0 Å². The molecule has 0 aliphatic rings. The minimum atomic E-state index is -0.802. The van der Waals surface area contributed by atoms with Gasteiger partial charge >= 0.3 is 0 Å². The van der Waals surface area contributed by atoms with Crippen molar-refractivity contribution in [2.45, 2.75) is 6.92 Å². The summed E-state index contributed by atoms with van der Waals surface area (Å²) in [6, 6.07) is 2.77. The minimum Gasteiger partial charge on any atom is -0.305 e. The van der Waals surface area contributed by atoms with Gasteiger partial charge in [0.25, 0.3) is 5.69 Å². The summed E-state index contributed by atoms with van der Waals surface area (Å²) in [5.41, 5.74) is -0.638. The van der Waals surface area contributed by atoms with E-state index >= 15 is 0 Å². The Kier molecular flexibility index (Phi) is 3.86. The van der Waals surface area contributed by atoms with Crippen LogP contribution in [0.15, 0.2) is 18.2 Å². The molecule has 0 N–H and O–H groups in total. The van der Waals surface area contributed by atoms with E-state index in [9.17, 15) is 24.1 Å². The molecule has 0 atom stereocenters. The molecule has 0 bridgehead atoms. The van der Waals surface area contributed by atoms with E-state index in [2.05, 4.69) is 0 Å². The number of hydrogen-bond donors (Lipinski definition) is 0. The van der Waals surface area contributed by atoms with Crippen LogP contribution in [0, 0.1) is 15.9 Å². The van der Waals surface area contributed by atoms with Crippen molar-refractivity contribution in [1.29, 1.82) is 0 Å². The molecule has 1 rings (SSSR count). The quantitative estimate of drug-likeness (QED) is 0.441. The lowest BCUT2D eigenvalue weighted by Gasteiger charge is -2.15. The van der Waals surface area contributed by atoms with Crippen molar-refractivity contribution in [2.75, 3.05) is 11.4 Å². The standard InChI is InChI=1S/C10H9FN2O4/c1-7(15)5-12(6-14)10-4-8(13(16)17)2-3-9(10)11/h2-4,6H,5H2,1H3. The van der Waals surface area contributed by atoms with Crippen LogP contribution in [0.3, 0.4) is 0 Å². The second-order valence-corrected chi connectivity index (χ2v) is 3.33. The van der Waals surface area contributed by atoms with Crippen molar-refractivity contribution >= 4 is 23.6 Å². The summed E-state index contributed by atoms with van der Waals surface area (Å²) in [4.78, 5) is 32.2. The van der Waals surface area contributed by atoms with Crippen molar-refractivity contribution in [3.8, 4) is 0 Å². The topological polar surface area (TPSA) is 80.5 Å². The van der Waals surface area contributed by atoms with Crippen LogP contribution in [-0.2, 0) is 9.59 Å². The van der Waals surface area contributed by atoms with Gasteiger partial charge in [0.2, 0.25) is 6.41 Å². The molecular weight excluding hydrogens is 231 g/mol. The number of carbonyl (C=O) groups excluding carboxylic acids is 2. The molecule has 1 aromatic rings. The molecule has 0 saturated carbocycles. The summed E-state index contributed by atoms with van der Waals surface area (Å²) in [5.74, 6) is -1.16. The van der Waals surface area contributed by atoms with Gasteiger partial charge in [0, 0.05) is 12.1 Å². The molecule has 0 aliphatic carbocycles. The van der Waals surface area contributed by atoms with Crippen molar-refractivity contribution in [2.24, 2.45) is 0 Å². The SMILES string of the molecule is CC(=O)CN(C=O)c1cc([N+](=O)[O-])ccc1F. The Balaban J connectivity index is 3.17. The molecule has 1 amide bonds. The van der Waals surface area contributed by atoms with E-state index in [1.54, 1.807) is 0 Å². The second kappa shape index (κ2) is 5.15. The first-order chi connectivity index (χ1) is 7.95. The maximum atomic E-state index is 13.4. The van der Waals surface area contributed by atoms with E-state index in [0.717, 1.165) is 23.1 Å². The van der Waals surface area contributed by atoms with Crippen molar-refractivity contribution in [3.63, 3.8) is 0 Å². The van der Waals surface area contributed by atoms with Gasteiger partial charge in [0.15, 0.2) is 0 Å². The molecule has 0 aliphatic heterocycles. The number of amides is 1. The molecule has 90 valence electrons. The van der Waals surface area contributed by atoms with Crippen LogP contribution in [0.4, 0.5) is 15.8 Å². The summed E-state index contributed by atoms with van der Waals surface area (Å²) in [6.45, 7) is 0.896. The van der Waals surface area contributed by atoms with Gasteiger partial charge in [0.05, 0.1) is 17.2 Å². The molecule has 0 spiro atoms. The number of non-ortho nitro benzene ring substituents is 1. The third-order valence-electron chi connectivity index (χ3n) is 1.97. The highest BCUT2D eigenvalue weighted by Gasteiger charge is 2.17. The minimum absolute atomic E-state index is 0.254. The number of nitro benzene ring substituents is 1. The van der Waals surface area contributed by atoms with E-state index in [1.165, 1.54) is 6.92 Å². The number of ketones is 1. The van der Waals surface area contributed by atoms with Gasteiger partial charge in [0.1, 0.15) is 11.6 Å². The average molecular weight is 240 g/mol. The zero-order valence-electron chi connectivity index (χ0n) is 8.92. The Morgan fingerprint density at radius 3 is 2.71 bits per heavy atom. The highest BCUT2D eigenvalue weighted by molar-refractivity contribution is 5.88. The number of Topliss-reactive ketones (excluding diaryl/α,β-unsaturated/α-hetero) is 1. The zero-order valence-corrected chi connectivity index (χ0v) is 8.92. The molecule has 0 fully saturated rings. The predicted octanol–water partition coefficient (Wildman–Crippen LogP) is 1.29. The van der Waals surface area contributed by atoms with Crippen LogP contribution in [-0.4, -0.2) is 23.7 Å². The highest BCUT2D eigenvalue weighted by atomic mass is 19.1. The van der Waals surface area contributed by atoms with Crippen molar-refractivity contribution in [3.05, 3.63) is 34.1 Å². The fourth-order valence-electron chi connectivity index (χ4n) is 1.25. The van der Waals surface area contributed by atoms with Crippen LogP contribution in [0.25, 0.3) is 0 Å². The summed E-state index contributed by atoms with van der Waals surface area (Å²) in [6.07, 6.45) is 0.254. The number of rotatable bonds is 5. The molecule has 7 heteroatoms. The number of hydrogen-bond acceptors (Lipinski definition) is 4. The molecule has 0 heterocycles. The summed E-state index contributed by atoms with van der Waals surface area (Å²) in [5, 5.41) is 10.5. The van der Waals surface area contributed by atoms with E-state index in [-0.39, 0.29) is 30.1 Å². The smallest absolute Gasteiger partial charge is 0.271 e. The Labute approximate surface area is 95.8 Å². The first-order valence-electron chi connectivity index (χ1n) is 4.61. The first-order valence-corrected chi connectivity index (χ1v) is 4.61. The molecule has 0 saturated heterocycles. The molecule has 0 radical (unpaired) electrons.